The predicted octanol–water partition coefficient (Wildman–Crippen LogP) is 3.38. The van der Waals surface area contributed by atoms with Gasteiger partial charge in [-0.1, -0.05) is 6.92 Å². The zero-order valence-corrected chi connectivity index (χ0v) is 10.3. The molecule has 0 aliphatic heterocycles. The van der Waals surface area contributed by atoms with Crippen LogP contribution in [0, 0.1) is 0 Å². The Labute approximate surface area is 100 Å². The van der Waals surface area contributed by atoms with Crippen molar-refractivity contribution in [3.05, 3.63) is 5.82 Å². The maximum atomic E-state index is 12.2. The Balaban J connectivity index is 2.80. The maximum absolute atomic E-state index is 12.2. The first-order chi connectivity index (χ1) is 7.30. The molecule has 1 atom stereocenters. The second kappa shape index (κ2) is 4.75. The number of hydrogen-bond acceptors (Lipinski definition) is 4. The summed E-state index contributed by atoms with van der Waals surface area (Å²) in [5.74, 6) is -0.835. The minimum atomic E-state index is -4.50. The van der Waals surface area contributed by atoms with Gasteiger partial charge in [0.25, 0.3) is 0 Å². The summed E-state index contributed by atoms with van der Waals surface area (Å²) in [7, 11) is 0. The second-order valence-electron chi connectivity index (χ2n) is 3.59. The van der Waals surface area contributed by atoms with Gasteiger partial charge in [0.15, 0.2) is 0 Å². The van der Waals surface area contributed by atoms with Crippen molar-refractivity contribution in [1.29, 1.82) is 0 Å². The van der Waals surface area contributed by atoms with Crippen molar-refractivity contribution in [3.63, 3.8) is 0 Å². The molecule has 8 heteroatoms. The summed E-state index contributed by atoms with van der Waals surface area (Å²) in [6.45, 7) is 3.70. The van der Waals surface area contributed by atoms with E-state index in [0.717, 1.165) is 0 Å². The fraction of sp³-hybridized carbons (Fsp3) is 0.750. The van der Waals surface area contributed by atoms with Crippen LogP contribution in [0.25, 0.3) is 0 Å². The van der Waals surface area contributed by atoms with Crippen LogP contribution < -0.4 is 5.32 Å². The summed E-state index contributed by atoms with van der Waals surface area (Å²) >= 11 is 6.41. The molecular formula is C8H11ClF3N3S. The van der Waals surface area contributed by atoms with Gasteiger partial charge in [-0.05, 0) is 13.3 Å². The van der Waals surface area contributed by atoms with Crippen LogP contribution in [0.15, 0.2) is 0 Å². The van der Waals surface area contributed by atoms with Crippen molar-refractivity contribution in [2.75, 3.05) is 11.2 Å². The molecule has 0 spiro atoms. The summed E-state index contributed by atoms with van der Waals surface area (Å²) < 4.78 is 39.9. The van der Waals surface area contributed by atoms with Crippen LogP contribution in [-0.2, 0) is 6.18 Å². The Morgan fingerprint density at radius 2 is 2.06 bits per heavy atom. The van der Waals surface area contributed by atoms with E-state index < -0.39 is 17.5 Å². The Hall–Kier alpha value is -0.560. The lowest BCUT2D eigenvalue weighted by Gasteiger charge is -2.26. The summed E-state index contributed by atoms with van der Waals surface area (Å²) in [6.07, 6.45) is -3.82. The summed E-state index contributed by atoms with van der Waals surface area (Å²) in [4.78, 5) is 3.38. The van der Waals surface area contributed by atoms with Crippen LogP contribution in [0.4, 0.5) is 18.3 Å². The van der Waals surface area contributed by atoms with Crippen molar-refractivity contribution in [3.8, 4) is 0 Å². The molecule has 1 unspecified atom stereocenters. The Kier molecular flexibility index (Phi) is 4.01. The first-order valence-electron chi connectivity index (χ1n) is 4.56. The predicted molar refractivity (Wildman–Crippen MR) is 57.9 cm³/mol. The van der Waals surface area contributed by atoms with Gasteiger partial charge in [-0.25, -0.2) is 0 Å². The summed E-state index contributed by atoms with van der Waals surface area (Å²) in [5.41, 5.74) is -0.468. The molecule has 1 aromatic rings. The van der Waals surface area contributed by atoms with E-state index in [4.69, 9.17) is 11.6 Å². The maximum Gasteiger partial charge on any atom is 0.452 e. The largest absolute Gasteiger partial charge is 0.452 e. The van der Waals surface area contributed by atoms with Gasteiger partial charge in [-0.2, -0.15) is 22.5 Å². The third-order valence-electron chi connectivity index (χ3n) is 2.16. The van der Waals surface area contributed by atoms with Gasteiger partial charge in [0.1, 0.15) is 0 Å². The molecule has 0 amide bonds. The van der Waals surface area contributed by atoms with Crippen molar-refractivity contribution in [1.82, 2.24) is 9.36 Å². The number of anilines is 1. The summed E-state index contributed by atoms with van der Waals surface area (Å²) in [5, 5.41) is 3.00. The topological polar surface area (TPSA) is 37.8 Å². The quantitative estimate of drug-likeness (QED) is 0.855. The highest BCUT2D eigenvalue weighted by Gasteiger charge is 2.36. The van der Waals surface area contributed by atoms with Gasteiger partial charge < -0.3 is 5.32 Å². The molecule has 0 bridgehead atoms. The monoisotopic (exact) mass is 273 g/mol. The molecule has 0 aliphatic rings. The van der Waals surface area contributed by atoms with Gasteiger partial charge in [-0.3, -0.25) is 0 Å². The first-order valence-corrected chi connectivity index (χ1v) is 5.86. The molecule has 0 radical (unpaired) electrons. The van der Waals surface area contributed by atoms with Crippen LogP contribution in [0.5, 0.6) is 0 Å². The minimum Gasteiger partial charge on any atom is -0.354 e. The number of nitrogens with one attached hydrogen (secondary N) is 1. The second-order valence-corrected chi connectivity index (χ2v) is 4.61. The smallest absolute Gasteiger partial charge is 0.354 e. The van der Waals surface area contributed by atoms with E-state index in [1.165, 1.54) is 0 Å². The normalized spacial score (nSPS) is 15.9. The molecule has 0 aromatic carbocycles. The SMILES string of the molecule is CCC(C)(CCl)Nc1nc(C(F)(F)F)ns1. The van der Waals surface area contributed by atoms with Crippen LogP contribution in [0.3, 0.4) is 0 Å². The van der Waals surface area contributed by atoms with E-state index in [2.05, 4.69) is 14.7 Å². The van der Waals surface area contributed by atoms with E-state index in [-0.39, 0.29) is 11.0 Å². The molecular weight excluding hydrogens is 263 g/mol. The van der Waals surface area contributed by atoms with Gasteiger partial charge >= 0.3 is 6.18 Å². The molecule has 0 saturated carbocycles. The highest BCUT2D eigenvalue weighted by molar-refractivity contribution is 7.09. The third-order valence-corrected chi connectivity index (χ3v) is 3.38. The van der Waals surface area contributed by atoms with Crippen molar-refractivity contribution in [2.24, 2.45) is 0 Å². The number of halogens is 4. The number of alkyl halides is 4. The molecule has 0 saturated heterocycles. The lowest BCUT2D eigenvalue weighted by atomic mass is 10.0. The number of hydrogen-bond donors (Lipinski definition) is 1. The molecule has 0 fully saturated rings. The number of aromatic nitrogens is 2. The van der Waals surface area contributed by atoms with Gasteiger partial charge in [0, 0.05) is 17.4 Å². The van der Waals surface area contributed by atoms with Crippen molar-refractivity contribution >= 4 is 28.3 Å². The van der Waals surface area contributed by atoms with E-state index >= 15 is 0 Å². The van der Waals surface area contributed by atoms with E-state index in [1.807, 2.05) is 13.8 Å². The molecule has 16 heavy (non-hydrogen) atoms. The summed E-state index contributed by atoms with van der Waals surface area (Å²) in [6, 6.07) is 0. The fourth-order valence-electron chi connectivity index (χ4n) is 0.864. The van der Waals surface area contributed by atoms with Gasteiger partial charge in [0.2, 0.25) is 11.0 Å². The molecule has 1 aromatic heterocycles. The lowest BCUT2D eigenvalue weighted by molar-refractivity contribution is -0.144. The van der Waals surface area contributed by atoms with Crippen LogP contribution in [0.1, 0.15) is 26.1 Å². The van der Waals surface area contributed by atoms with Crippen LogP contribution in [-0.4, -0.2) is 20.8 Å². The highest BCUT2D eigenvalue weighted by atomic mass is 35.5. The Bertz CT molecular complexity index is 349. The highest BCUT2D eigenvalue weighted by Crippen LogP contribution is 2.30. The standard InChI is InChI=1S/C8H11ClF3N3S/c1-3-7(2,4-9)14-6-13-5(15-16-6)8(10,11)12/h3-4H2,1-2H3,(H,13,14,15). The fourth-order valence-corrected chi connectivity index (χ4v) is 1.86. The van der Waals surface area contributed by atoms with Gasteiger partial charge in [0.05, 0.1) is 5.54 Å². The van der Waals surface area contributed by atoms with Crippen LogP contribution >= 0.6 is 23.1 Å². The molecule has 3 nitrogen and oxygen atoms in total. The van der Waals surface area contributed by atoms with Gasteiger partial charge in [-0.15, -0.1) is 11.6 Å². The van der Waals surface area contributed by atoms with E-state index in [1.54, 1.807) is 0 Å². The van der Waals surface area contributed by atoms with E-state index in [0.29, 0.717) is 18.0 Å². The zero-order valence-electron chi connectivity index (χ0n) is 8.73. The number of rotatable bonds is 4. The zero-order chi connectivity index (χ0) is 12.4. The molecule has 1 heterocycles. The molecule has 1 N–H and O–H groups in total. The molecule has 0 aliphatic carbocycles. The molecule has 92 valence electrons. The average Bonchev–Trinajstić information content (AvgIpc) is 2.65. The molecule has 1 rings (SSSR count). The minimum absolute atomic E-state index is 0.136. The van der Waals surface area contributed by atoms with Crippen LogP contribution in [0.2, 0.25) is 0 Å². The van der Waals surface area contributed by atoms with Crippen molar-refractivity contribution < 1.29 is 13.2 Å². The van der Waals surface area contributed by atoms with E-state index in [9.17, 15) is 13.2 Å². The third kappa shape index (κ3) is 3.21. The Morgan fingerprint density at radius 1 is 1.44 bits per heavy atom. The average molecular weight is 274 g/mol. The Morgan fingerprint density at radius 3 is 2.44 bits per heavy atom. The number of nitrogens with zero attached hydrogens (tertiary/aromatic N) is 2. The first kappa shape index (κ1) is 13.5. The lowest BCUT2D eigenvalue weighted by Crippen LogP contribution is -2.35. The van der Waals surface area contributed by atoms with Crippen molar-refractivity contribution in [2.45, 2.75) is 32.0 Å².